The van der Waals surface area contributed by atoms with Crippen molar-refractivity contribution in [1.82, 2.24) is 14.7 Å². The number of nitrogens with two attached hydrogens (primary N) is 1. The molecule has 0 spiro atoms. The van der Waals surface area contributed by atoms with Gasteiger partial charge < -0.3 is 5.73 Å². The fourth-order valence-electron chi connectivity index (χ4n) is 1.84. The first-order valence-electron chi connectivity index (χ1n) is 5.50. The zero-order chi connectivity index (χ0) is 13.3. The third-order valence-corrected chi connectivity index (χ3v) is 2.77. The molecule has 0 saturated carbocycles. The van der Waals surface area contributed by atoms with E-state index >= 15 is 0 Å². The summed E-state index contributed by atoms with van der Waals surface area (Å²) in [7, 11) is 0. The second-order valence-corrected chi connectivity index (χ2v) is 4.29. The minimum absolute atomic E-state index is 0.0865. The number of nitrogens with zero attached hydrogens (tertiary/aromatic N) is 3. The molecule has 0 bridgehead atoms. The predicted molar refractivity (Wildman–Crippen MR) is 56.3 cm³/mol. The molecule has 1 aliphatic rings. The second-order valence-electron chi connectivity index (χ2n) is 4.29. The van der Waals surface area contributed by atoms with E-state index in [1.807, 2.05) is 4.90 Å². The SMILES string of the molecule is NC(=O)Cn1cc(CN2CCC2)c(C(F)(F)F)n1. The molecule has 0 atom stereocenters. The third-order valence-electron chi connectivity index (χ3n) is 2.77. The minimum atomic E-state index is -4.51. The van der Waals surface area contributed by atoms with E-state index in [0.717, 1.165) is 24.2 Å². The number of hydrogen-bond acceptors (Lipinski definition) is 3. The zero-order valence-corrected chi connectivity index (χ0v) is 9.57. The predicted octanol–water partition coefficient (Wildman–Crippen LogP) is 0.593. The Morgan fingerprint density at radius 2 is 2.11 bits per heavy atom. The number of carbonyl (C=O) groups excluding carboxylic acids is 1. The quantitative estimate of drug-likeness (QED) is 0.864. The van der Waals surface area contributed by atoms with Gasteiger partial charge in [0, 0.05) is 18.3 Å². The van der Waals surface area contributed by atoms with Gasteiger partial charge in [-0.3, -0.25) is 14.4 Å². The summed E-state index contributed by atoms with van der Waals surface area (Å²) in [5, 5.41) is 3.40. The summed E-state index contributed by atoms with van der Waals surface area (Å²) in [5.74, 6) is -0.721. The molecule has 1 aromatic heterocycles. The summed E-state index contributed by atoms with van der Waals surface area (Å²) >= 11 is 0. The van der Waals surface area contributed by atoms with Crippen LogP contribution >= 0.6 is 0 Å². The first-order valence-corrected chi connectivity index (χ1v) is 5.50. The Morgan fingerprint density at radius 3 is 2.56 bits per heavy atom. The van der Waals surface area contributed by atoms with Crippen molar-refractivity contribution in [3.8, 4) is 0 Å². The van der Waals surface area contributed by atoms with Gasteiger partial charge in [0.2, 0.25) is 5.91 Å². The molecule has 0 aromatic carbocycles. The number of primary amides is 1. The van der Waals surface area contributed by atoms with Crippen LogP contribution in [-0.2, 0) is 24.1 Å². The molecule has 1 aliphatic heterocycles. The Labute approximate surface area is 101 Å². The van der Waals surface area contributed by atoms with E-state index in [1.165, 1.54) is 6.20 Å². The number of halogens is 3. The Balaban J connectivity index is 2.23. The van der Waals surface area contributed by atoms with Crippen LogP contribution in [0.3, 0.4) is 0 Å². The summed E-state index contributed by atoms with van der Waals surface area (Å²) in [6.45, 7) is 1.44. The van der Waals surface area contributed by atoms with Gasteiger partial charge in [0.05, 0.1) is 0 Å². The van der Waals surface area contributed by atoms with Crippen molar-refractivity contribution in [2.45, 2.75) is 25.7 Å². The van der Waals surface area contributed by atoms with Crippen LogP contribution in [0, 0.1) is 0 Å². The van der Waals surface area contributed by atoms with E-state index < -0.39 is 17.8 Å². The van der Waals surface area contributed by atoms with Crippen LogP contribution in [0.25, 0.3) is 0 Å². The molecule has 5 nitrogen and oxygen atoms in total. The number of likely N-dealkylation sites (tertiary alicyclic amines) is 1. The molecule has 1 fully saturated rings. The number of carbonyl (C=O) groups is 1. The molecule has 1 saturated heterocycles. The molecular weight excluding hydrogens is 249 g/mol. The van der Waals surface area contributed by atoms with Crippen LogP contribution in [0.4, 0.5) is 13.2 Å². The summed E-state index contributed by atoms with van der Waals surface area (Å²) < 4.78 is 39.2. The Morgan fingerprint density at radius 1 is 1.44 bits per heavy atom. The summed E-state index contributed by atoms with van der Waals surface area (Å²) in [6.07, 6.45) is -2.27. The first kappa shape index (κ1) is 12.9. The van der Waals surface area contributed by atoms with Crippen molar-refractivity contribution in [2.24, 2.45) is 5.73 Å². The van der Waals surface area contributed by atoms with Gasteiger partial charge in [-0.1, -0.05) is 0 Å². The first-order chi connectivity index (χ1) is 8.36. The van der Waals surface area contributed by atoms with Gasteiger partial charge in [-0.15, -0.1) is 0 Å². The van der Waals surface area contributed by atoms with Gasteiger partial charge >= 0.3 is 6.18 Å². The average molecular weight is 262 g/mol. The molecular formula is C10H13F3N4O. The van der Waals surface area contributed by atoms with Crippen molar-refractivity contribution in [3.05, 3.63) is 17.5 Å². The third kappa shape index (κ3) is 2.81. The Bertz CT molecular complexity index is 450. The number of aromatic nitrogens is 2. The number of rotatable bonds is 4. The molecule has 2 rings (SSSR count). The zero-order valence-electron chi connectivity index (χ0n) is 9.57. The van der Waals surface area contributed by atoms with Gasteiger partial charge in [0.25, 0.3) is 0 Å². The summed E-state index contributed by atoms with van der Waals surface area (Å²) in [5.41, 5.74) is 4.09. The largest absolute Gasteiger partial charge is 0.435 e. The van der Waals surface area contributed by atoms with Crippen molar-refractivity contribution in [1.29, 1.82) is 0 Å². The van der Waals surface area contributed by atoms with Gasteiger partial charge in [-0.05, 0) is 19.5 Å². The van der Waals surface area contributed by atoms with E-state index in [2.05, 4.69) is 5.10 Å². The lowest BCUT2D eigenvalue weighted by Crippen LogP contribution is -2.36. The van der Waals surface area contributed by atoms with E-state index in [-0.39, 0.29) is 18.7 Å². The maximum atomic E-state index is 12.8. The maximum absolute atomic E-state index is 12.8. The van der Waals surface area contributed by atoms with E-state index in [4.69, 9.17) is 5.73 Å². The van der Waals surface area contributed by atoms with Crippen molar-refractivity contribution < 1.29 is 18.0 Å². The summed E-state index contributed by atoms with van der Waals surface area (Å²) in [4.78, 5) is 12.6. The van der Waals surface area contributed by atoms with Gasteiger partial charge in [-0.2, -0.15) is 18.3 Å². The Kier molecular flexibility index (Phi) is 3.29. The molecule has 2 heterocycles. The highest BCUT2D eigenvalue weighted by molar-refractivity contribution is 5.73. The fourth-order valence-corrected chi connectivity index (χ4v) is 1.84. The highest BCUT2D eigenvalue weighted by Gasteiger charge is 2.37. The van der Waals surface area contributed by atoms with Crippen molar-refractivity contribution in [2.75, 3.05) is 13.1 Å². The maximum Gasteiger partial charge on any atom is 0.435 e. The topological polar surface area (TPSA) is 64.2 Å². The van der Waals surface area contributed by atoms with Crippen molar-refractivity contribution in [3.63, 3.8) is 0 Å². The normalized spacial score (nSPS) is 16.6. The smallest absolute Gasteiger partial charge is 0.368 e. The van der Waals surface area contributed by atoms with Gasteiger partial charge in [-0.25, -0.2) is 0 Å². The average Bonchev–Trinajstić information content (AvgIpc) is 2.53. The van der Waals surface area contributed by atoms with Crippen LogP contribution < -0.4 is 5.73 Å². The molecule has 0 aliphatic carbocycles. The molecule has 2 N–H and O–H groups in total. The highest BCUT2D eigenvalue weighted by Crippen LogP contribution is 2.31. The minimum Gasteiger partial charge on any atom is -0.368 e. The molecule has 1 amide bonds. The molecule has 0 unspecified atom stereocenters. The van der Waals surface area contributed by atoms with Crippen LogP contribution in [0.15, 0.2) is 6.20 Å². The molecule has 8 heteroatoms. The van der Waals surface area contributed by atoms with E-state index in [9.17, 15) is 18.0 Å². The van der Waals surface area contributed by atoms with E-state index in [1.54, 1.807) is 0 Å². The second kappa shape index (κ2) is 4.60. The monoisotopic (exact) mass is 262 g/mol. The van der Waals surface area contributed by atoms with Gasteiger partial charge in [0.15, 0.2) is 5.69 Å². The van der Waals surface area contributed by atoms with E-state index in [0.29, 0.717) is 0 Å². The lowest BCUT2D eigenvalue weighted by molar-refractivity contribution is -0.142. The number of amides is 1. The number of alkyl halides is 3. The number of hydrogen-bond donors (Lipinski definition) is 1. The molecule has 100 valence electrons. The molecule has 1 aromatic rings. The summed E-state index contributed by atoms with van der Waals surface area (Å²) in [6, 6.07) is 0. The van der Waals surface area contributed by atoms with Crippen LogP contribution in [-0.4, -0.2) is 33.7 Å². The lowest BCUT2D eigenvalue weighted by Gasteiger charge is -2.30. The van der Waals surface area contributed by atoms with Gasteiger partial charge in [0.1, 0.15) is 6.54 Å². The molecule has 0 radical (unpaired) electrons. The van der Waals surface area contributed by atoms with Crippen LogP contribution in [0.5, 0.6) is 0 Å². The Hall–Kier alpha value is -1.57. The fraction of sp³-hybridized carbons (Fsp3) is 0.600. The highest BCUT2D eigenvalue weighted by atomic mass is 19.4. The van der Waals surface area contributed by atoms with Crippen LogP contribution in [0.2, 0.25) is 0 Å². The van der Waals surface area contributed by atoms with Crippen molar-refractivity contribution >= 4 is 5.91 Å². The molecule has 18 heavy (non-hydrogen) atoms. The standard InChI is InChI=1S/C10H13F3N4O/c11-10(12,13)9-7(4-16-2-1-3-16)5-17(15-9)6-8(14)18/h5H,1-4,6H2,(H2,14,18). The lowest BCUT2D eigenvalue weighted by atomic mass is 10.1. The van der Waals surface area contributed by atoms with Crippen LogP contribution in [0.1, 0.15) is 17.7 Å².